The second-order valence-electron chi connectivity index (χ2n) is 6.62. The standard InChI is InChI=1S/C24H18ClNO2/c1-15-7-12-19(28-15)13-14-22(27)23-16(2)26-21-6-4-3-5-20(21)24(23)17-8-10-18(25)11-9-17/h3-14H,1-2H3/b14-13+. The van der Waals surface area contributed by atoms with Crippen molar-refractivity contribution in [3.8, 4) is 11.1 Å². The van der Waals surface area contributed by atoms with Gasteiger partial charge in [-0.1, -0.05) is 41.9 Å². The van der Waals surface area contributed by atoms with Crippen LogP contribution in [-0.2, 0) is 0 Å². The Balaban J connectivity index is 1.90. The number of fused-ring (bicyclic) bond motifs is 1. The minimum absolute atomic E-state index is 0.116. The fourth-order valence-electron chi connectivity index (χ4n) is 3.34. The molecule has 4 rings (SSSR count). The van der Waals surface area contributed by atoms with Gasteiger partial charge in [-0.15, -0.1) is 0 Å². The van der Waals surface area contributed by atoms with Gasteiger partial charge in [0.1, 0.15) is 11.5 Å². The first-order valence-electron chi connectivity index (χ1n) is 8.97. The Morgan fingerprint density at radius 1 is 1.00 bits per heavy atom. The molecule has 0 aliphatic heterocycles. The van der Waals surface area contributed by atoms with Crippen LogP contribution in [0, 0.1) is 13.8 Å². The fourth-order valence-corrected chi connectivity index (χ4v) is 3.46. The van der Waals surface area contributed by atoms with Crippen molar-refractivity contribution in [2.24, 2.45) is 0 Å². The highest BCUT2D eigenvalue weighted by Gasteiger charge is 2.19. The van der Waals surface area contributed by atoms with Crippen LogP contribution in [-0.4, -0.2) is 10.8 Å². The molecule has 3 nitrogen and oxygen atoms in total. The topological polar surface area (TPSA) is 43.1 Å². The molecule has 0 fully saturated rings. The van der Waals surface area contributed by atoms with Crippen molar-refractivity contribution in [1.82, 2.24) is 4.98 Å². The number of pyridine rings is 1. The normalized spacial score (nSPS) is 11.4. The number of ketones is 1. The molecule has 2 heterocycles. The summed E-state index contributed by atoms with van der Waals surface area (Å²) in [5.74, 6) is 1.33. The Morgan fingerprint density at radius 3 is 2.46 bits per heavy atom. The first-order chi connectivity index (χ1) is 13.5. The number of carbonyl (C=O) groups excluding carboxylic acids is 1. The highest BCUT2D eigenvalue weighted by Crippen LogP contribution is 2.34. The monoisotopic (exact) mass is 387 g/mol. The lowest BCUT2D eigenvalue weighted by Crippen LogP contribution is -2.05. The lowest BCUT2D eigenvalue weighted by molar-refractivity contribution is 0.104. The predicted octanol–water partition coefficient (Wildman–Crippen LogP) is 6.66. The van der Waals surface area contributed by atoms with Gasteiger partial charge < -0.3 is 4.42 Å². The number of nitrogens with zero attached hydrogens (tertiary/aromatic N) is 1. The first kappa shape index (κ1) is 18.2. The maximum absolute atomic E-state index is 13.2. The van der Waals surface area contributed by atoms with E-state index in [1.165, 1.54) is 6.08 Å². The van der Waals surface area contributed by atoms with Gasteiger partial charge in [-0.25, -0.2) is 0 Å². The molecule has 4 aromatic rings. The number of aromatic nitrogens is 1. The molecule has 0 aliphatic carbocycles. The van der Waals surface area contributed by atoms with Crippen LogP contribution in [0.15, 0.2) is 71.2 Å². The van der Waals surface area contributed by atoms with E-state index < -0.39 is 0 Å². The largest absolute Gasteiger partial charge is 0.462 e. The molecular weight excluding hydrogens is 370 g/mol. The van der Waals surface area contributed by atoms with E-state index in [1.807, 2.05) is 74.5 Å². The van der Waals surface area contributed by atoms with Crippen molar-refractivity contribution >= 4 is 34.4 Å². The van der Waals surface area contributed by atoms with E-state index in [9.17, 15) is 4.79 Å². The molecule has 4 heteroatoms. The van der Waals surface area contributed by atoms with Crippen molar-refractivity contribution < 1.29 is 9.21 Å². The number of benzene rings is 2. The molecule has 0 amide bonds. The van der Waals surface area contributed by atoms with Gasteiger partial charge in [-0.05, 0) is 61.9 Å². The van der Waals surface area contributed by atoms with Crippen LogP contribution in [0.1, 0.15) is 27.6 Å². The summed E-state index contributed by atoms with van der Waals surface area (Å²) < 4.78 is 5.53. The molecule has 0 aliphatic rings. The number of allylic oxidation sites excluding steroid dienone is 1. The zero-order valence-corrected chi connectivity index (χ0v) is 16.3. The maximum atomic E-state index is 13.2. The zero-order valence-electron chi connectivity index (χ0n) is 15.6. The van der Waals surface area contributed by atoms with Crippen molar-refractivity contribution in [1.29, 1.82) is 0 Å². The smallest absolute Gasteiger partial charge is 0.188 e. The van der Waals surface area contributed by atoms with Crippen LogP contribution in [0.4, 0.5) is 0 Å². The van der Waals surface area contributed by atoms with Crippen molar-refractivity contribution in [3.63, 3.8) is 0 Å². The van der Waals surface area contributed by atoms with Gasteiger partial charge in [0.15, 0.2) is 5.78 Å². The van der Waals surface area contributed by atoms with Crippen LogP contribution < -0.4 is 0 Å². The molecule has 0 N–H and O–H groups in total. The number of aryl methyl sites for hydroxylation is 2. The number of rotatable bonds is 4. The van der Waals surface area contributed by atoms with E-state index in [4.69, 9.17) is 16.0 Å². The molecule has 2 aromatic carbocycles. The van der Waals surface area contributed by atoms with Crippen molar-refractivity contribution in [3.05, 3.63) is 94.5 Å². The Hall–Kier alpha value is -3.17. The average molecular weight is 388 g/mol. The van der Waals surface area contributed by atoms with Gasteiger partial charge in [0.25, 0.3) is 0 Å². The molecule has 0 saturated heterocycles. The molecule has 0 radical (unpaired) electrons. The number of furan rings is 1. The SMILES string of the molecule is Cc1ccc(/C=C/C(=O)c2c(C)nc3ccccc3c2-c2ccc(Cl)cc2)o1. The number of para-hydroxylation sites is 1. The summed E-state index contributed by atoms with van der Waals surface area (Å²) in [7, 11) is 0. The van der Waals surface area contributed by atoms with E-state index in [0.29, 0.717) is 22.0 Å². The number of hydrogen-bond acceptors (Lipinski definition) is 3. The van der Waals surface area contributed by atoms with Gasteiger partial charge in [-0.2, -0.15) is 0 Å². The summed E-state index contributed by atoms with van der Waals surface area (Å²) in [5, 5.41) is 1.58. The minimum atomic E-state index is -0.116. The Bertz CT molecular complexity index is 1200. The lowest BCUT2D eigenvalue weighted by atomic mass is 9.92. The first-order valence-corrected chi connectivity index (χ1v) is 9.35. The molecule has 0 spiro atoms. The highest BCUT2D eigenvalue weighted by molar-refractivity contribution is 6.30. The second-order valence-corrected chi connectivity index (χ2v) is 7.05. The van der Waals surface area contributed by atoms with Gasteiger partial charge in [0.05, 0.1) is 11.1 Å². The van der Waals surface area contributed by atoms with E-state index in [-0.39, 0.29) is 5.78 Å². The molecule has 2 aromatic heterocycles. The Morgan fingerprint density at radius 2 is 1.75 bits per heavy atom. The van der Waals surface area contributed by atoms with E-state index >= 15 is 0 Å². The minimum Gasteiger partial charge on any atom is -0.462 e. The number of carbonyl (C=O) groups is 1. The summed E-state index contributed by atoms with van der Waals surface area (Å²) in [6.07, 6.45) is 3.23. The number of hydrogen-bond donors (Lipinski definition) is 0. The summed E-state index contributed by atoms with van der Waals surface area (Å²) >= 11 is 6.07. The van der Waals surface area contributed by atoms with Crippen LogP contribution in [0.5, 0.6) is 0 Å². The summed E-state index contributed by atoms with van der Waals surface area (Å²) in [6, 6.07) is 19.1. The molecular formula is C24H18ClNO2. The molecule has 138 valence electrons. The van der Waals surface area contributed by atoms with Crippen LogP contribution >= 0.6 is 11.6 Å². The van der Waals surface area contributed by atoms with Crippen LogP contribution in [0.2, 0.25) is 5.02 Å². The molecule has 0 bridgehead atoms. The molecule has 0 saturated carbocycles. The molecule has 0 unspecified atom stereocenters. The third-order valence-corrected chi connectivity index (χ3v) is 4.86. The summed E-state index contributed by atoms with van der Waals surface area (Å²) in [5.41, 5.74) is 3.92. The lowest BCUT2D eigenvalue weighted by Gasteiger charge is -2.14. The van der Waals surface area contributed by atoms with Gasteiger partial charge >= 0.3 is 0 Å². The van der Waals surface area contributed by atoms with Crippen LogP contribution in [0.3, 0.4) is 0 Å². The summed E-state index contributed by atoms with van der Waals surface area (Å²) in [4.78, 5) is 17.8. The predicted molar refractivity (Wildman–Crippen MR) is 114 cm³/mol. The van der Waals surface area contributed by atoms with Gasteiger partial charge in [-0.3, -0.25) is 9.78 Å². The zero-order chi connectivity index (χ0) is 19.7. The van der Waals surface area contributed by atoms with E-state index in [2.05, 4.69) is 4.98 Å². The highest BCUT2D eigenvalue weighted by atomic mass is 35.5. The Kier molecular flexibility index (Phi) is 4.84. The van der Waals surface area contributed by atoms with Crippen LogP contribution in [0.25, 0.3) is 28.1 Å². The summed E-state index contributed by atoms with van der Waals surface area (Å²) in [6.45, 7) is 3.74. The third-order valence-electron chi connectivity index (χ3n) is 4.61. The quantitative estimate of drug-likeness (QED) is 0.290. The van der Waals surface area contributed by atoms with Crippen molar-refractivity contribution in [2.45, 2.75) is 13.8 Å². The number of halogens is 1. The molecule has 0 atom stereocenters. The molecule has 28 heavy (non-hydrogen) atoms. The van der Waals surface area contributed by atoms with E-state index in [0.717, 1.165) is 27.8 Å². The fraction of sp³-hybridized carbons (Fsp3) is 0.0833. The van der Waals surface area contributed by atoms with E-state index in [1.54, 1.807) is 6.08 Å². The van der Waals surface area contributed by atoms with Gasteiger partial charge in [0.2, 0.25) is 0 Å². The maximum Gasteiger partial charge on any atom is 0.188 e. The second kappa shape index (κ2) is 7.45. The van der Waals surface area contributed by atoms with Crippen molar-refractivity contribution in [2.75, 3.05) is 0 Å². The van der Waals surface area contributed by atoms with Gasteiger partial charge in [0, 0.05) is 21.7 Å². The third kappa shape index (κ3) is 3.49. The average Bonchev–Trinajstić information content (AvgIpc) is 3.11. The Labute approximate surface area is 168 Å².